The van der Waals surface area contributed by atoms with E-state index >= 15 is 0 Å². The van der Waals surface area contributed by atoms with Crippen molar-refractivity contribution in [2.24, 2.45) is 5.41 Å². The number of nitrogens with one attached hydrogen (secondary N) is 3. The molecule has 216 valence electrons. The van der Waals surface area contributed by atoms with Crippen molar-refractivity contribution >= 4 is 11.9 Å². The van der Waals surface area contributed by atoms with Gasteiger partial charge in [0.1, 0.15) is 11.6 Å². The Kier molecular flexibility index (Phi) is 8.72. The number of anilines is 1. The lowest BCUT2D eigenvalue weighted by Crippen LogP contribution is -2.49. The number of benzene rings is 1. The van der Waals surface area contributed by atoms with Crippen molar-refractivity contribution < 1.29 is 23.1 Å². The molecule has 1 saturated heterocycles. The quantitative estimate of drug-likeness (QED) is 0.232. The molecule has 0 bridgehead atoms. The monoisotopic (exact) mass is 563 g/mol. The summed E-state index contributed by atoms with van der Waals surface area (Å²) in [6.45, 7) is 4.02. The molecule has 0 radical (unpaired) electrons. The van der Waals surface area contributed by atoms with Crippen LogP contribution in [0.3, 0.4) is 0 Å². The van der Waals surface area contributed by atoms with E-state index in [1.54, 1.807) is 30.7 Å². The summed E-state index contributed by atoms with van der Waals surface area (Å²) in [4.78, 5) is 31.9. The van der Waals surface area contributed by atoms with Crippen molar-refractivity contribution in [2.45, 2.75) is 26.2 Å². The Labute approximate surface area is 237 Å². The van der Waals surface area contributed by atoms with Gasteiger partial charge in [-0.3, -0.25) is 4.79 Å². The van der Waals surface area contributed by atoms with Gasteiger partial charge in [0.25, 0.3) is 0 Å². The molecular weight excluding hydrogens is 529 g/mol. The third kappa shape index (κ3) is 6.96. The summed E-state index contributed by atoms with van der Waals surface area (Å²) in [5.41, 5.74) is 1.57. The molecule has 1 amide bonds. The van der Waals surface area contributed by atoms with Crippen molar-refractivity contribution in [1.82, 2.24) is 30.2 Å². The topological polar surface area (TPSA) is 130 Å². The van der Waals surface area contributed by atoms with Crippen LogP contribution >= 0.6 is 0 Å². The summed E-state index contributed by atoms with van der Waals surface area (Å²) in [7, 11) is 3.99. The maximum absolute atomic E-state index is 13.7. The number of hydrogen-bond donors (Lipinski definition) is 3. The fourth-order valence-corrected chi connectivity index (χ4v) is 4.38. The van der Waals surface area contributed by atoms with Gasteiger partial charge in [-0.1, -0.05) is 0 Å². The number of carbonyl (C=O) groups is 1. The molecule has 5 rings (SSSR count). The Morgan fingerprint density at radius 2 is 1.93 bits per heavy atom. The molecule has 0 aliphatic carbocycles. The normalized spacial score (nSPS) is 18.9. The predicted molar refractivity (Wildman–Crippen MR) is 150 cm³/mol. The van der Waals surface area contributed by atoms with Crippen LogP contribution in [0.2, 0.25) is 0 Å². The van der Waals surface area contributed by atoms with E-state index in [0.29, 0.717) is 47.5 Å². The minimum atomic E-state index is -0.828. The van der Waals surface area contributed by atoms with Gasteiger partial charge in [-0.2, -0.15) is 0 Å². The number of amides is 1. The van der Waals surface area contributed by atoms with Gasteiger partial charge in [0.05, 0.1) is 48.5 Å². The number of furan rings is 1. The SMILES string of the molecule is CN(C)CCCNC(=O)C1(C)COC(c2nc(-c3ccc(F)cc3)c(-c3ccnc(NCc4ccco4)n3)[nH]2)OC1. The minimum absolute atomic E-state index is 0.114. The lowest BCUT2D eigenvalue weighted by molar-refractivity contribution is -0.231. The zero-order chi connectivity index (χ0) is 28.8. The molecule has 1 aliphatic heterocycles. The van der Waals surface area contributed by atoms with Gasteiger partial charge in [0, 0.05) is 18.3 Å². The first-order chi connectivity index (χ1) is 19.8. The predicted octanol–water partition coefficient (Wildman–Crippen LogP) is 4.00. The highest BCUT2D eigenvalue weighted by Crippen LogP contribution is 2.35. The zero-order valence-electron chi connectivity index (χ0n) is 23.3. The fraction of sp³-hybridized carbons (Fsp3) is 0.379. The molecule has 11 nitrogen and oxygen atoms in total. The Morgan fingerprint density at radius 3 is 2.63 bits per heavy atom. The van der Waals surface area contributed by atoms with Crippen LogP contribution in [-0.2, 0) is 20.8 Å². The van der Waals surface area contributed by atoms with Gasteiger partial charge in [0.2, 0.25) is 18.1 Å². The van der Waals surface area contributed by atoms with E-state index in [4.69, 9.17) is 18.9 Å². The second-order valence-corrected chi connectivity index (χ2v) is 10.5. The lowest BCUT2D eigenvalue weighted by Gasteiger charge is -2.35. The highest BCUT2D eigenvalue weighted by atomic mass is 19.1. The van der Waals surface area contributed by atoms with E-state index in [0.717, 1.165) is 18.7 Å². The van der Waals surface area contributed by atoms with E-state index in [1.165, 1.54) is 12.1 Å². The van der Waals surface area contributed by atoms with E-state index < -0.39 is 11.7 Å². The number of rotatable bonds is 11. The molecule has 0 saturated carbocycles. The highest BCUT2D eigenvalue weighted by molar-refractivity contribution is 5.82. The zero-order valence-corrected chi connectivity index (χ0v) is 23.3. The number of nitrogens with zero attached hydrogens (tertiary/aromatic N) is 4. The van der Waals surface area contributed by atoms with Crippen molar-refractivity contribution in [3.63, 3.8) is 0 Å². The highest BCUT2D eigenvalue weighted by Gasteiger charge is 2.40. The average Bonchev–Trinajstić information content (AvgIpc) is 3.66. The van der Waals surface area contributed by atoms with Crippen LogP contribution in [0.5, 0.6) is 0 Å². The smallest absolute Gasteiger partial charge is 0.230 e. The average molecular weight is 564 g/mol. The minimum Gasteiger partial charge on any atom is -0.467 e. The van der Waals surface area contributed by atoms with Gasteiger partial charge >= 0.3 is 0 Å². The molecule has 1 aliphatic rings. The van der Waals surface area contributed by atoms with E-state index in [9.17, 15) is 9.18 Å². The molecule has 0 spiro atoms. The van der Waals surface area contributed by atoms with Crippen molar-refractivity contribution in [1.29, 1.82) is 0 Å². The molecule has 3 N–H and O–H groups in total. The number of aromatic amines is 1. The number of aromatic nitrogens is 4. The van der Waals surface area contributed by atoms with Crippen molar-refractivity contribution in [3.8, 4) is 22.6 Å². The molecule has 4 aromatic rings. The second-order valence-electron chi connectivity index (χ2n) is 10.5. The molecule has 1 aromatic carbocycles. The van der Waals surface area contributed by atoms with E-state index in [1.807, 2.05) is 33.2 Å². The number of halogens is 1. The van der Waals surface area contributed by atoms with Crippen molar-refractivity contribution in [3.05, 3.63) is 72.3 Å². The first-order valence-electron chi connectivity index (χ1n) is 13.4. The van der Waals surface area contributed by atoms with Crippen molar-refractivity contribution in [2.75, 3.05) is 45.7 Å². The molecule has 0 unspecified atom stereocenters. The van der Waals surface area contributed by atoms with Crippen LogP contribution in [0.15, 0.2) is 59.3 Å². The van der Waals surface area contributed by atoms with Crippen LogP contribution in [-0.4, -0.2) is 71.1 Å². The fourth-order valence-electron chi connectivity index (χ4n) is 4.38. The summed E-state index contributed by atoms with van der Waals surface area (Å²) in [5.74, 6) is 1.10. The van der Waals surface area contributed by atoms with E-state index in [-0.39, 0.29) is 24.9 Å². The van der Waals surface area contributed by atoms with Gasteiger partial charge in [-0.05, 0) is 76.4 Å². The molecule has 0 atom stereocenters. The van der Waals surface area contributed by atoms with Gasteiger partial charge in [-0.25, -0.2) is 19.3 Å². The summed E-state index contributed by atoms with van der Waals surface area (Å²) >= 11 is 0. The summed E-state index contributed by atoms with van der Waals surface area (Å²) in [5, 5.41) is 6.13. The Hall–Kier alpha value is -4.13. The summed E-state index contributed by atoms with van der Waals surface area (Å²) in [6, 6.07) is 11.5. The maximum Gasteiger partial charge on any atom is 0.230 e. The largest absolute Gasteiger partial charge is 0.467 e. The van der Waals surface area contributed by atoms with Gasteiger partial charge in [-0.15, -0.1) is 0 Å². The number of carbonyl (C=O) groups excluding carboxylic acids is 1. The summed E-state index contributed by atoms with van der Waals surface area (Å²) in [6.07, 6.45) is 3.27. The Bertz CT molecular complexity index is 1430. The number of H-pyrrole nitrogens is 1. The van der Waals surface area contributed by atoms with E-state index in [2.05, 4.69) is 30.5 Å². The van der Waals surface area contributed by atoms with Gasteiger partial charge < -0.3 is 34.4 Å². The number of imidazole rings is 1. The van der Waals surface area contributed by atoms with Crippen LogP contribution < -0.4 is 10.6 Å². The molecule has 1 fully saturated rings. The molecular formula is C29H34FN7O4. The lowest BCUT2D eigenvalue weighted by atomic mass is 9.91. The number of ether oxygens (including phenoxy) is 2. The standard InChI is InChI=1S/C29H34FN7O4/c1-29(27(38)31-12-5-14-37(2)3)17-40-26(41-18-29)25-35-23(19-7-9-20(30)10-8-19)24(36-25)22-11-13-32-28(34-22)33-16-21-6-4-15-39-21/h4,6-11,13,15,26H,5,12,14,16-18H2,1-3H3,(H,31,38)(H,35,36)(H,32,33,34). The third-order valence-electron chi connectivity index (χ3n) is 6.70. The van der Waals surface area contributed by atoms with Crippen LogP contribution in [0.25, 0.3) is 22.6 Å². The van der Waals surface area contributed by atoms with Crippen LogP contribution in [0.4, 0.5) is 10.3 Å². The van der Waals surface area contributed by atoms with Gasteiger partial charge in [0.15, 0.2) is 5.82 Å². The molecule has 41 heavy (non-hydrogen) atoms. The first-order valence-corrected chi connectivity index (χ1v) is 13.4. The molecule has 12 heteroatoms. The molecule has 3 aromatic heterocycles. The number of hydrogen-bond acceptors (Lipinski definition) is 9. The molecule has 4 heterocycles. The Morgan fingerprint density at radius 1 is 1.15 bits per heavy atom. The third-order valence-corrected chi connectivity index (χ3v) is 6.70. The maximum atomic E-state index is 13.7. The first kappa shape index (κ1) is 28.4. The van der Waals surface area contributed by atoms with Crippen LogP contribution in [0, 0.1) is 11.2 Å². The second kappa shape index (κ2) is 12.6. The summed E-state index contributed by atoms with van der Waals surface area (Å²) < 4.78 is 31.1. The van der Waals surface area contributed by atoms with Crippen LogP contribution in [0.1, 0.15) is 31.2 Å². The Balaban J connectivity index is 1.34.